The SMILES string of the molecule is CNC(=O)C(C)N(Cc1ccccc1)C(=O)CN(c1cc(Cl)ccc1OC)S(=O)(=O)c1ccc(OC)c(OC)c1. The van der Waals surface area contributed by atoms with E-state index < -0.39 is 34.4 Å². The fourth-order valence-electron chi connectivity index (χ4n) is 4.05. The molecular weight excluding hydrogens is 558 g/mol. The van der Waals surface area contributed by atoms with E-state index in [1.54, 1.807) is 13.0 Å². The van der Waals surface area contributed by atoms with Gasteiger partial charge in [-0.2, -0.15) is 0 Å². The number of ether oxygens (including phenoxy) is 3. The molecule has 0 spiro atoms. The maximum Gasteiger partial charge on any atom is 0.265 e. The van der Waals surface area contributed by atoms with Gasteiger partial charge in [0.05, 0.1) is 31.9 Å². The van der Waals surface area contributed by atoms with E-state index >= 15 is 0 Å². The highest BCUT2D eigenvalue weighted by molar-refractivity contribution is 7.92. The van der Waals surface area contributed by atoms with Crippen LogP contribution in [0.2, 0.25) is 5.02 Å². The summed E-state index contributed by atoms with van der Waals surface area (Å²) in [6.07, 6.45) is 0. The van der Waals surface area contributed by atoms with Gasteiger partial charge in [0.25, 0.3) is 10.0 Å². The van der Waals surface area contributed by atoms with E-state index in [2.05, 4.69) is 5.32 Å². The third-order valence-corrected chi connectivity index (χ3v) is 8.23. The molecule has 1 atom stereocenters. The Balaban J connectivity index is 2.15. The van der Waals surface area contributed by atoms with Crippen molar-refractivity contribution in [1.29, 1.82) is 0 Å². The first-order valence-corrected chi connectivity index (χ1v) is 14.0. The van der Waals surface area contributed by atoms with E-state index in [0.717, 1.165) is 9.87 Å². The minimum Gasteiger partial charge on any atom is -0.495 e. The van der Waals surface area contributed by atoms with Gasteiger partial charge in [0.2, 0.25) is 11.8 Å². The van der Waals surface area contributed by atoms with E-state index in [9.17, 15) is 18.0 Å². The van der Waals surface area contributed by atoms with Gasteiger partial charge in [-0.15, -0.1) is 0 Å². The maximum absolute atomic E-state index is 14.1. The first-order valence-electron chi connectivity index (χ1n) is 12.2. The van der Waals surface area contributed by atoms with E-state index in [0.29, 0.717) is 5.75 Å². The molecule has 3 rings (SSSR count). The number of hydrogen-bond acceptors (Lipinski definition) is 7. The summed E-state index contributed by atoms with van der Waals surface area (Å²) in [5.41, 5.74) is 0.812. The molecule has 40 heavy (non-hydrogen) atoms. The second-order valence-corrected chi connectivity index (χ2v) is 10.9. The number of amides is 2. The summed E-state index contributed by atoms with van der Waals surface area (Å²) in [4.78, 5) is 27.7. The summed E-state index contributed by atoms with van der Waals surface area (Å²) in [5, 5.41) is 2.78. The lowest BCUT2D eigenvalue weighted by molar-refractivity contribution is -0.139. The highest BCUT2D eigenvalue weighted by atomic mass is 35.5. The fraction of sp³-hybridized carbons (Fsp3) is 0.286. The normalized spacial score (nSPS) is 11.8. The van der Waals surface area contributed by atoms with Crippen LogP contribution in [0.15, 0.2) is 71.6 Å². The number of anilines is 1. The number of methoxy groups -OCH3 is 3. The zero-order valence-electron chi connectivity index (χ0n) is 22.9. The molecule has 0 bridgehead atoms. The number of nitrogens with zero attached hydrogens (tertiary/aromatic N) is 2. The largest absolute Gasteiger partial charge is 0.495 e. The quantitative estimate of drug-likeness (QED) is 0.342. The highest BCUT2D eigenvalue weighted by Gasteiger charge is 2.34. The van der Waals surface area contributed by atoms with Gasteiger partial charge >= 0.3 is 0 Å². The van der Waals surface area contributed by atoms with Crippen LogP contribution in [0.5, 0.6) is 17.2 Å². The summed E-state index contributed by atoms with van der Waals surface area (Å²) in [6, 6.07) is 16.7. The Morgan fingerprint density at radius 3 is 2.12 bits per heavy atom. The molecule has 12 heteroatoms. The van der Waals surface area contributed by atoms with Crippen molar-refractivity contribution in [3.8, 4) is 17.2 Å². The van der Waals surface area contributed by atoms with Crippen molar-refractivity contribution in [2.75, 3.05) is 39.2 Å². The number of hydrogen-bond donors (Lipinski definition) is 1. The lowest BCUT2D eigenvalue weighted by atomic mass is 10.1. The second-order valence-electron chi connectivity index (χ2n) is 8.64. The monoisotopic (exact) mass is 589 g/mol. The number of carbonyl (C=O) groups is 2. The van der Waals surface area contributed by atoms with Crippen LogP contribution >= 0.6 is 11.6 Å². The lowest BCUT2D eigenvalue weighted by Crippen LogP contribution is -2.50. The molecule has 2 amide bonds. The molecule has 3 aromatic rings. The van der Waals surface area contributed by atoms with Crippen molar-refractivity contribution in [2.24, 2.45) is 0 Å². The molecule has 0 heterocycles. The molecule has 3 aromatic carbocycles. The third kappa shape index (κ3) is 6.78. The minimum absolute atomic E-state index is 0.0467. The van der Waals surface area contributed by atoms with E-state index in [-0.39, 0.29) is 33.6 Å². The fourth-order valence-corrected chi connectivity index (χ4v) is 5.65. The summed E-state index contributed by atoms with van der Waals surface area (Å²) in [7, 11) is 1.26. The number of likely N-dealkylation sites (N-methyl/N-ethyl adjacent to an activating group) is 1. The van der Waals surface area contributed by atoms with E-state index in [1.165, 1.54) is 63.6 Å². The molecule has 10 nitrogen and oxygen atoms in total. The van der Waals surface area contributed by atoms with Crippen molar-refractivity contribution in [2.45, 2.75) is 24.4 Å². The van der Waals surface area contributed by atoms with Crippen LogP contribution in [0.4, 0.5) is 5.69 Å². The molecule has 1 N–H and O–H groups in total. The Morgan fingerprint density at radius 1 is 0.900 bits per heavy atom. The van der Waals surface area contributed by atoms with Crippen LogP contribution in [-0.2, 0) is 26.2 Å². The Bertz CT molecular complexity index is 1450. The topological polar surface area (TPSA) is 114 Å². The Morgan fingerprint density at radius 2 is 1.52 bits per heavy atom. The average molecular weight is 590 g/mol. The van der Waals surface area contributed by atoms with Gasteiger partial charge in [0, 0.05) is 24.7 Å². The molecule has 0 aliphatic carbocycles. The van der Waals surface area contributed by atoms with Crippen LogP contribution in [0.3, 0.4) is 0 Å². The van der Waals surface area contributed by atoms with Gasteiger partial charge < -0.3 is 24.4 Å². The summed E-state index contributed by atoms with van der Waals surface area (Å²) in [5.74, 6) is -0.329. The smallest absolute Gasteiger partial charge is 0.265 e. The zero-order valence-corrected chi connectivity index (χ0v) is 24.5. The third-order valence-electron chi connectivity index (χ3n) is 6.24. The lowest BCUT2D eigenvalue weighted by Gasteiger charge is -2.32. The number of rotatable bonds is 12. The van der Waals surface area contributed by atoms with Crippen molar-refractivity contribution >= 4 is 39.1 Å². The maximum atomic E-state index is 14.1. The van der Waals surface area contributed by atoms with Crippen LogP contribution < -0.4 is 23.8 Å². The molecule has 214 valence electrons. The average Bonchev–Trinajstić information content (AvgIpc) is 2.97. The van der Waals surface area contributed by atoms with Crippen molar-refractivity contribution < 1.29 is 32.2 Å². The Hall–Kier alpha value is -3.96. The molecule has 0 aliphatic rings. The molecule has 1 unspecified atom stereocenters. The molecule has 0 radical (unpaired) electrons. The van der Waals surface area contributed by atoms with Crippen LogP contribution in [0.25, 0.3) is 0 Å². The summed E-state index contributed by atoms with van der Waals surface area (Å²) >= 11 is 6.26. The summed E-state index contributed by atoms with van der Waals surface area (Å²) in [6.45, 7) is 1.000. The predicted molar refractivity (Wildman–Crippen MR) is 153 cm³/mol. The predicted octanol–water partition coefficient (Wildman–Crippen LogP) is 3.72. The van der Waals surface area contributed by atoms with Crippen LogP contribution in [-0.4, -0.2) is 66.1 Å². The van der Waals surface area contributed by atoms with Crippen LogP contribution in [0, 0.1) is 0 Å². The van der Waals surface area contributed by atoms with Gasteiger partial charge in [-0.05, 0) is 42.8 Å². The molecule has 0 saturated carbocycles. The molecule has 0 saturated heterocycles. The van der Waals surface area contributed by atoms with Crippen LogP contribution in [0.1, 0.15) is 12.5 Å². The van der Waals surface area contributed by atoms with E-state index in [1.807, 2.05) is 30.3 Å². The molecule has 0 aromatic heterocycles. The van der Waals surface area contributed by atoms with Gasteiger partial charge in [-0.1, -0.05) is 41.9 Å². The van der Waals surface area contributed by atoms with E-state index in [4.69, 9.17) is 25.8 Å². The minimum atomic E-state index is -4.40. The molecule has 0 aliphatic heterocycles. The number of sulfonamides is 1. The standard InChI is InChI=1S/C28H32ClN3O7S/c1-19(28(34)30-2)31(17-20-9-7-6-8-10-20)27(33)18-32(23-15-21(29)11-13-24(23)37-3)40(35,36)22-12-14-25(38-4)26(16-22)39-5/h6-16,19H,17-18H2,1-5H3,(H,30,34). The zero-order chi connectivity index (χ0) is 29.4. The van der Waals surface area contributed by atoms with Gasteiger partial charge in [-0.3, -0.25) is 13.9 Å². The number of halogens is 1. The van der Waals surface area contributed by atoms with Gasteiger partial charge in [-0.25, -0.2) is 8.42 Å². The second kappa shape index (κ2) is 13.4. The number of benzene rings is 3. The Labute approximate surface area is 239 Å². The van der Waals surface area contributed by atoms with Gasteiger partial charge in [0.15, 0.2) is 11.5 Å². The number of nitrogens with one attached hydrogen (secondary N) is 1. The van der Waals surface area contributed by atoms with Crippen molar-refractivity contribution in [1.82, 2.24) is 10.2 Å². The summed E-state index contributed by atoms with van der Waals surface area (Å²) < 4.78 is 45.2. The highest BCUT2D eigenvalue weighted by Crippen LogP contribution is 2.37. The number of carbonyl (C=O) groups excluding carboxylic acids is 2. The van der Waals surface area contributed by atoms with Crippen molar-refractivity contribution in [3.05, 3.63) is 77.3 Å². The molecule has 0 fully saturated rings. The van der Waals surface area contributed by atoms with Gasteiger partial charge in [0.1, 0.15) is 18.3 Å². The van der Waals surface area contributed by atoms with Crippen molar-refractivity contribution in [3.63, 3.8) is 0 Å². The Kier molecular flexibility index (Phi) is 10.2. The first-order chi connectivity index (χ1) is 19.1. The molecular formula is C28H32ClN3O7S. The first kappa shape index (κ1) is 30.6.